The number of benzene rings is 2. The number of halogens is 2. The fraction of sp³-hybridized carbons (Fsp3) is 0.176. The summed E-state index contributed by atoms with van der Waals surface area (Å²) in [4.78, 5) is 13.8. The average molecular weight is 465 g/mol. The van der Waals surface area contributed by atoms with E-state index >= 15 is 0 Å². The SMILES string of the molecule is Cc1ccc(NC(=O)C(C)n2nnc(-c3ccc(Br)cc3)n2)c(Br)c1. The molecule has 3 aromatic rings. The second-order valence-electron chi connectivity index (χ2n) is 5.59. The van der Waals surface area contributed by atoms with E-state index < -0.39 is 6.04 Å². The fourth-order valence-electron chi connectivity index (χ4n) is 2.17. The second kappa shape index (κ2) is 7.45. The molecule has 0 saturated carbocycles. The summed E-state index contributed by atoms with van der Waals surface area (Å²) in [6.07, 6.45) is 0. The van der Waals surface area contributed by atoms with Crippen LogP contribution in [-0.4, -0.2) is 26.1 Å². The topological polar surface area (TPSA) is 72.7 Å². The van der Waals surface area contributed by atoms with Crippen LogP contribution in [0.25, 0.3) is 11.4 Å². The predicted molar refractivity (Wildman–Crippen MR) is 103 cm³/mol. The Balaban J connectivity index is 1.75. The number of nitrogens with zero attached hydrogens (tertiary/aromatic N) is 4. The van der Waals surface area contributed by atoms with E-state index in [0.29, 0.717) is 11.5 Å². The molecule has 1 amide bonds. The van der Waals surface area contributed by atoms with Gasteiger partial charge in [0.15, 0.2) is 0 Å². The van der Waals surface area contributed by atoms with Gasteiger partial charge in [-0.2, -0.15) is 4.80 Å². The van der Waals surface area contributed by atoms with Crippen LogP contribution < -0.4 is 5.32 Å². The first kappa shape index (κ1) is 17.8. The van der Waals surface area contributed by atoms with Gasteiger partial charge < -0.3 is 5.32 Å². The summed E-state index contributed by atoms with van der Waals surface area (Å²) in [6.45, 7) is 3.71. The highest BCUT2D eigenvalue weighted by molar-refractivity contribution is 9.10. The summed E-state index contributed by atoms with van der Waals surface area (Å²) < 4.78 is 1.80. The number of aryl methyl sites for hydroxylation is 1. The second-order valence-corrected chi connectivity index (χ2v) is 7.36. The lowest BCUT2D eigenvalue weighted by Crippen LogP contribution is -2.25. The lowest BCUT2D eigenvalue weighted by Gasteiger charge is -2.12. The lowest BCUT2D eigenvalue weighted by molar-refractivity contribution is -0.119. The van der Waals surface area contributed by atoms with Crippen molar-refractivity contribution in [2.24, 2.45) is 0 Å². The summed E-state index contributed by atoms with van der Waals surface area (Å²) >= 11 is 6.84. The van der Waals surface area contributed by atoms with Crippen LogP contribution in [-0.2, 0) is 4.79 Å². The van der Waals surface area contributed by atoms with E-state index in [2.05, 4.69) is 52.6 Å². The third kappa shape index (κ3) is 4.13. The summed E-state index contributed by atoms with van der Waals surface area (Å²) in [5.41, 5.74) is 2.65. The number of amides is 1. The highest BCUT2D eigenvalue weighted by Crippen LogP contribution is 2.24. The van der Waals surface area contributed by atoms with Gasteiger partial charge in [0.2, 0.25) is 5.82 Å². The zero-order valence-electron chi connectivity index (χ0n) is 13.6. The fourth-order valence-corrected chi connectivity index (χ4v) is 3.02. The number of carbonyl (C=O) groups excluding carboxylic acids is 1. The molecule has 0 fully saturated rings. The molecule has 0 aliphatic heterocycles. The molecule has 0 radical (unpaired) electrons. The van der Waals surface area contributed by atoms with E-state index in [9.17, 15) is 4.79 Å². The van der Waals surface area contributed by atoms with E-state index in [-0.39, 0.29) is 5.91 Å². The molecule has 2 aromatic carbocycles. The van der Waals surface area contributed by atoms with Crippen molar-refractivity contribution in [3.05, 3.63) is 57.0 Å². The Kier molecular flexibility index (Phi) is 5.29. The third-order valence-electron chi connectivity index (χ3n) is 3.64. The molecule has 0 saturated heterocycles. The number of anilines is 1. The van der Waals surface area contributed by atoms with Gasteiger partial charge in [-0.05, 0) is 77.0 Å². The van der Waals surface area contributed by atoms with Crippen molar-refractivity contribution in [1.82, 2.24) is 20.2 Å². The Hall–Kier alpha value is -2.06. The van der Waals surface area contributed by atoms with Gasteiger partial charge in [-0.1, -0.05) is 22.0 Å². The summed E-state index contributed by atoms with van der Waals surface area (Å²) in [5.74, 6) is 0.257. The molecule has 0 bridgehead atoms. The molecule has 1 unspecified atom stereocenters. The van der Waals surface area contributed by atoms with E-state index in [1.165, 1.54) is 4.80 Å². The molecular weight excluding hydrogens is 450 g/mol. The van der Waals surface area contributed by atoms with Gasteiger partial charge in [-0.3, -0.25) is 4.79 Å². The molecule has 128 valence electrons. The Bertz CT molecular complexity index is 908. The molecular formula is C17H15Br2N5O. The maximum atomic E-state index is 12.5. The predicted octanol–water partition coefficient (Wildman–Crippen LogP) is 4.37. The first-order chi connectivity index (χ1) is 11.9. The molecule has 0 spiro atoms. The molecule has 1 N–H and O–H groups in total. The molecule has 1 heterocycles. The van der Waals surface area contributed by atoms with Crippen LogP contribution in [0.2, 0.25) is 0 Å². The monoisotopic (exact) mass is 463 g/mol. The smallest absolute Gasteiger partial charge is 0.250 e. The maximum Gasteiger partial charge on any atom is 0.250 e. The first-order valence-electron chi connectivity index (χ1n) is 7.56. The van der Waals surface area contributed by atoms with Gasteiger partial charge in [-0.25, -0.2) is 0 Å². The first-order valence-corrected chi connectivity index (χ1v) is 9.15. The molecule has 0 aliphatic carbocycles. The van der Waals surface area contributed by atoms with Crippen molar-refractivity contribution in [3.8, 4) is 11.4 Å². The number of hydrogen-bond donors (Lipinski definition) is 1. The highest BCUT2D eigenvalue weighted by atomic mass is 79.9. The quantitative estimate of drug-likeness (QED) is 0.622. The number of tetrazole rings is 1. The van der Waals surface area contributed by atoms with Crippen LogP contribution in [0.5, 0.6) is 0 Å². The van der Waals surface area contributed by atoms with Crippen molar-refractivity contribution in [2.45, 2.75) is 19.9 Å². The number of nitrogens with one attached hydrogen (secondary N) is 1. The van der Waals surface area contributed by atoms with Crippen LogP contribution in [0.1, 0.15) is 18.5 Å². The van der Waals surface area contributed by atoms with Crippen molar-refractivity contribution >= 4 is 43.5 Å². The molecule has 1 aromatic heterocycles. The standard InChI is InChI=1S/C17H15Br2N5O/c1-10-3-8-15(14(19)9-10)20-17(25)11(2)24-22-16(21-23-24)12-4-6-13(18)7-5-12/h3-9,11H,1-2H3,(H,20,25). The van der Waals surface area contributed by atoms with Crippen molar-refractivity contribution < 1.29 is 4.79 Å². The van der Waals surface area contributed by atoms with Crippen molar-refractivity contribution in [2.75, 3.05) is 5.32 Å². The van der Waals surface area contributed by atoms with Crippen LogP contribution in [0.15, 0.2) is 51.4 Å². The van der Waals surface area contributed by atoms with Crippen molar-refractivity contribution in [1.29, 1.82) is 0 Å². The minimum atomic E-state index is -0.593. The Morgan fingerprint density at radius 1 is 1.16 bits per heavy atom. The molecule has 0 aliphatic rings. The van der Waals surface area contributed by atoms with Gasteiger partial charge in [0.05, 0.1) is 5.69 Å². The van der Waals surface area contributed by atoms with E-state index in [4.69, 9.17) is 0 Å². The van der Waals surface area contributed by atoms with E-state index in [1.54, 1.807) is 6.92 Å². The Morgan fingerprint density at radius 2 is 1.88 bits per heavy atom. The Labute approximate surface area is 161 Å². The zero-order chi connectivity index (χ0) is 18.0. The highest BCUT2D eigenvalue weighted by Gasteiger charge is 2.19. The molecule has 3 rings (SSSR count). The van der Waals surface area contributed by atoms with Gasteiger partial charge in [0.1, 0.15) is 6.04 Å². The van der Waals surface area contributed by atoms with Crippen LogP contribution in [0.4, 0.5) is 5.69 Å². The largest absolute Gasteiger partial charge is 0.323 e. The van der Waals surface area contributed by atoms with E-state index in [0.717, 1.165) is 20.1 Å². The van der Waals surface area contributed by atoms with Gasteiger partial charge in [0, 0.05) is 14.5 Å². The Morgan fingerprint density at radius 3 is 2.56 bits per heavy atom. The number of aromatic nitrogens is 4. The maximum absolute atomic E-state index is 12.5. The van der Waals surface area contributed by atoms with E-state index in [1.807, 2.05) is 49.4 Å². The van der Waals surface area contributed by atoms with Crippen LogP contribution >= 0.6 is 31.9 Å². The van der Waals surface area contributed by atoms with Gasteiger partial charge >= 0.3 is 0 Å². The number of carbonyl (C=O) groups is 1. The lowest BCUT2D eigenvalue weighted by atomic mass is 10.2. The minimum Gasteiger partial charge on any atom is -0.323 e. The zero-order valence-corrected chi connectivity index (χ0v) is 16.7. The number of rotatable bonds is 4. The molecule has 6 nitrogen and oxygen atoms in total. The summed E-state index contributed by atoms with van der Waals surface area (Å²) in [7, 11) is 0. The number of hydrogen-bond acceptors (Lipinski definition) is 4. The minimum absolute atomic E-state index is 0.218. The van der Waals surface area contributed by atoms with Crippen LogP contribution in [0, 0.1) is 6.92 Å². The summed E-state index contributed by atoms with van der Waals surface area (Å²) in [5, 5.41) is 15.2. The molecule has 1 atom stereocenters. The van der Waals surface area contributed by atoms with Crippen molar-refractivity contribution in [3.63, 3.8) is 0 Å². The normalized spacial score (nSPS) is 12.0. The third-order valence-corrected chi connectivity index (χ3v) is 4.82. The van der Waals surface area contributed by atoms with Gasteiger partial charge in [-0.15, -0.1) is 10.2 Å². The average Bonchev–Trinajstić information content (AvgIpc) is 3.07. The summed E-state index contributed by atoms with van der Waals surface area (Å²) in [6, 6.07) is 12.7. The molecule has 25 heavy (non-hydrogen) atoms. The molecule has 8 heteroatoms. The van der Waals surface area contributed by atoms with Gasteiger partial charge in [0.25, 0.3) is 5.91 Å². The van der Waals surface area contributed by atoms with Crippen LogP contribution in [0.3, 0.4) is 0 Å².